The Bertz CT molecular complexity index is 753. The zero-order valence-electron chi connectivity index (χ0n) is 12.6. The highest BCUT2D eigenvalue weighted by Crippen LogP contribution is 2.30. The average molecular weight is 321 g/mol. The zero-order valence-corrected chi connectivity index (χ0v) is 13.4. The predicted octanol–water partition coefficient (Wildman–Crippen LogP) is 1.90. The lowest BCUT2D eigenvalue weighted by molar-refractivity contribution is 0.414. The van der Waals surface area contributed by atoms with Crippen molar-refractivity contribution < 1.29 is 13.2 Å². The van der Waals surface area contributed by atoms with Crippen molar-refractivity contribution in [3.05, 3.63) is 42.0 Å². The summed E-state index contributed by atoms with van der Waals surface area (Å²) in [5.41, 5.74) is 0.992. The number of H-pyrrole nitrogens is 1. The molecule has 7 heteroatoms. The summed E-state index contributed by atoms with van der Waals surface area (Å²) in [5, 5.41) is 0. The van der Waals surface area contributed by atoms with E-state index in [2.05, 4.69) is 9.97 Å². The van der Waals surface area contributed by atoms with Gasteiger partial charge in [-0.1, -0.05) is 0 Å². The topological polar surface area (TPSA) is 75.3 Å². The van der Waals surface area contributed by atoms with E-state index >= 15 is 0 Å². The third-order valence-corrected chi connectivity index (χ3v) is 5.84. The quantitative estimate of drug-likeness (QED) is 0.933. The first kappa shape index (κ1) is 15.1. The second-order valence-corrected chi connectivity index (χ2v) is 7.41. The molecule has 22 heavy (non-hydrogen) atoms. The third kappa shape index (κ3) is 2.74. The Morgan fingerprint density at radius 3 is 2.64 bits per heavy atom. The molecule has 1 fully saturated rings. The maximum atomic E-state index is 12.7. The molecule has 1 atom stereocenters. The number of hydrogen-bond acceptors (Lipinski definition) is 4. The average Bonchev–Trinajstić information content (AvgIpc) is 3.16. The number of aromatic nitrogens is 2. The molecule has 0 bridgehead atoms. The molecule has 2 aromatic rings. The summed E-state index contributed by atoms with van der Waals surface area (Å²) >= 11 is 0. The molecule has 3 rings (SSSR count). The Hall–Kier alpha value is -1.86. The minimum atomic E-state index is -3.46. The van der Waals surface area contributed by atoms with Crippen LogP contribution in [-0.4, -0.2) is 42.9 Å². The lowest BCUT2D eigenvalue weighted by Crippen LogP contribution is -2.28. The van der Waals surface area contributed by atoms with E-state index in [4.69, 9.17) is 4.74 Å². The first-order chi connectivity index (χ1) is 10.5. The molecule has 1 aromatic heterocycles. The molecule has 0 unspecified atom stereocenters. The van der Waals surface area contributed by atoms with Crippen LogP contribution in [0.25, 0.3) is 0 Å². The van der Waals surface area contributed by atoms with Gasteiger partial charge in [-0.2, -0.15) is 4.31 Å². The second-order valence-electron chi connectivity index (χ2n) is 5.48. The van der Waals surface area contributed by atoms with Gasteiger partial charge >= 0.3 is 0 Å². The van der Waals surface area contributed by atoms with Crippen LogP contribution in [0.3, 0.4) is 0 Å². The first-order valence-electron chi connectivity index (χ1n) is 7.16. The first-order valence-corrected chi connectivity index (χ1v) is 8.60. The monoisotopic (exact) mass is 321 g/mol. The summed E-state index contributed by atoms with van der Waals surface area (Å²) in [4.78, 5) is 7.81. The fourth-order valence-electron chi connectivity index (χ4n) is 2.71. The molecular weight excluding hydrogens is 302 g/mol. The van der Waals surface area contributed by atoms with Gasteiger partial charge in [0.2, 0.25) is 10.0 Å². The van der Waals surface area contributed by atoms with Crippen molar-refractivity contribution in [1.29, 1.82) is 0 Å². The molecular formula is C15H19N3O3S. The van der Waals surface area contributed by atoms with Crippen molar-refractivity contribution in [2.24, 2.45) is 0 Å². The minimum absolute atomic E-state index is 0.127. The van der Waals surface area contributed by atoms with Crippen LogP contribution in [-0.2, 0) is 10.0 Å². The van der Waals surface area contributed by atoms with Gasteiger partial charge in [0, 0.05) is 30.9 Å². The van der Waals surface area contributed by atoms with Gasteiger partial charge in [-0.3, -0.25) is 0 Å². The number of nitrogens with zero attached hydrogens (tertiary/aromatic N) is 2. The number of imidazole rings is 1. The smallest absolute Gasteiger partial charge is 0.243 e. The molecule has 1 saturated heterocycles. The maximum Gasteiger partial charge on any atom is 0.243 e. The van der Waals surface area contributed by atoms with Gasteiger partial charge in [0.25, 0.3) is 0 Å². The molecule has 1 aromatic carbocycles. The Morgan fingerprint density at radius 1 is 1.32 bits per heavy atom. The van der Waals surface area contributed by atoms with Crippen LogP contribution in [0, 0.1) is 6.92 Å². The lowest BCUT2D eigenvalue weighted by atomic mass is 10.1. The molecule has 1 aliphatic rings. The number of rotatable bonds is 4. The van der Waals surface area contributed by atoms with Gasteiger partial charge in [-0.05, 0) is 37.6 Å². The summed E-state index contributed by atoms with van der Waals surface area (Å²) in [7, 11) is -1.91. The van der Waals surface area contributed by atoms with Gasteiger partial charge in [-0.25, -0.2) is 13.4 Å². The third-order valence-electron chi connectivity index (χ3n) is 3.96. The number of aryl methyl sites for hydroxylation is 1. The summed E-state index contributed by atoms with van der Waals surface area (Å²) in [6.45, 7) is 2.91. The standard InChI is InChI=1S/C15H19N3O3S/c1-11-9-16-15(17-11)12-7-8-18(10-12)22(19,20)14-5-3-13(21-2)4-6-14/h3-6,9,12H,7-8,10H2,1-2H3,(H,16,17)/t12-/m1/s1. The normalized spacial score (nSPS) is 19.5. The van der Waals surface area contributed by atoms with E-state index in [1.807, 2.05) is 6.92 Å². The van der Waals surface area contributed by atoms with Gasteiger partial charge in [0.15, 0.2) is 0 Å². The number of hydrogen-bond donors (Lipinski definition) is 1. The van der Waals surface area contributed by atoms with Gasteiger partial charge < -0.3 is 9.72 Å². The second kappa shape index (κ2) is 5.73. The lowest BCUT2D eigenvalue weighted by Gasteiger charge is -2.16. The molecule has 1 N–H and O–H groups in total. The Kier molecular flexibility index (Phi) is 3.92. The molecule has 1 aliphatic heterocycles. The van der Waals surface area contributed by atoms with E-state index in [9.17, 15) is 8.42 Å². The van der Waals surface area contributed by atoms with E-state index < -0.39 is 10.0 Å². The van der Waals surface area contributed by atoms with E-state index in [1.54, 1.807) is 37.6 Å². The minimum Gasteiger partial charge on any atom is -0.497 e. The molecule has 0 radical (unpaired) electrons. The SMILES string of the molecule is COc1ccc(S(=O)(=O)N2CC[C@@H](c3ncc(C)[nH]3)C2)cc1. The Morgan fingerprint density at radius 2 is 2.05 bits per heavy atom. The molecule has 6 nitrogen and oxygen atoms in total. The Balaban J connectivity index is 1.78. The van der Waals surface area contributed by atoms with Gasteiger partial charge in [0.05, 0.1) is 12.0 Å². The van der Waals surface area contributed by atoms with Gasteiger partial charge in [0.1, 0.15) is 11.6 Å². The van der Waals surface area contributed by atoms with Crippen molar-refractivity contribution in [2.45, 2.75) is 24.2 Å². The van der Waals surface area contributed by atoms with Crippen molar-refractivity contribution in [3.8, 4) is 5.75 Å². The van der Waals surface area contributed by atoms with Crippen molar-refractivity contribution in [3.63, 3.8) is 0 Å². The highest BCUT2D eigenvalue weighted by molar-refractivity contribution is 7.89. The summed E-state index contributed by atoms with van der Waals surface area (Å²) in [6, 6.07) is 6.49. The van der Waals surface area contributed by atoms with Crippen molar-refractivity contribution >= 4 is 10.0 Å². The summed E-state index contributed by atoms with van der Waals surface area (Å²) < 4.78 is 31.9. The summed E-state index contributed by atoms with van der Waals surface area (Å²) in [5.74, 6) is 1.64. The number of aromatic amines is 1. The summed E-state index contributed by atoms with van der Waals surface area (Å²) in [6.07, 6.45) is 2.55. The number of ether oxygens (including phenoxy) is 1. The molecule has 0 amide bonds. The number of benzene rings is 1. The highest BCUT2D eigenvalue weighted by Gasteiger charge is 2.34. The highest BCUT2D eigenvalue weighted by atomic mass is 32.2. The van der Waals surface area contributed by atoms with E-state index in [0.717, 1.165) is 17.9 Å². The van der Waals surface area contributed by atoms with Crippen LogP contribution < -0.4 is 4.74 Å². The van der Waals surface area contributed by atoms with Crippen LogP contribution >= 0.6 is 0 Å². The zero-order chi connectivity index (χ0) is 15.7. The molecule has 0 spiro atoms. The van der Waals surface area contributed by atoms with Crippen molar-refractivity contribution in [2.75, 3.05) is 20.2 Å². The Labute approximate surface area is 130 Å². The van der Waals surface area contributed by atoms with Crippen LogP contribution in [0.5, 0.6) is 5.75 Å². The number of sulfonamides is 1. The predicted molar refractivity (Wildman–Crippen MR) is 82.4 cm³/mol. The van der Waals surface area contributed by atoms with Crippen LogP contribution in [0.4, 0.5) is 0 Å². The molecule has 2 heterocycles. The van der Waals surface area contributed by atoms with E-state index in [1.165, 1.54) is 4.31 Å². The number of methoxy groups -OCH3 is 1. The van der Waals surface area contributed by atoms with Gasteiger partial charge in [-0.15, -0.1) is 0 Å². The largest absolute Gasteiger partial charge is 0.497 e. The van der Waals surface area contributed by atoms with Crippen LogP contribution in [0.15, 0.2) is 35.4 Å². The molecule has 118 valence electrons. The fourth-order valence-corrected chi connectivity index (χ4v) is 4.21. The molecule has 0 saturated carbocycles. The van der Waals surface area contributed by atoms with Crippen LogP contribution in [0.1, 0.15) is 23.9 Å². The number of nitrogens with one attached hydrogen (secondary N) is 1. The van der Waals surface area contributed by atoms with Crippen LogP contribution in [0.2, 0.25) is 0 Å². The maximum absolute atomic E-state index is 12.7. The van der Waals surface area contributed by atoms with E-state index in [0.29, 0.717) is 23.7 Å². The van der Waals surface area contributed by atoms with Crippen molar-refractivity contribution in [1.82, 2.24) is 14.3 Å². The fraction of sp³-hybridized carbons (Fsp3) is 0.400. The van der Waals surface area contributed by atoms with E-state index in [-0.39, 0.29) is 5.92 Å². The molecule has 0 aliphatic carbocycles.